The van der Waals surface area contributed by atoms with E-state index in [9.17, 15) is 4.79 Å². The number of hydrogen-bond donors (Lipinski definition) is 3. The molecular weight excluding hydrogens is 404 g/mol. The number of nitrogens with zero attached hydrogens (tertiary/aromatic N) is 5. The first-order valence-electron chi connectivity index (χ1n) is 10.6. The standard InChI is InChI=1S/C23H24N8O/c1-31-12-11-25-22(31)20(15-5-6-15)28-23(32)17-3-2-4-18(13-17)26-14-19-27-21(30-29-19)16-7-9-24-10-8-16/h2-4,7-13,15,20,26H,5-6,14H2,1H3,(H,28,32)(H,27,29,30)/t20-/m0/s1. The molecule has 4 aromatic rings. The molecule has 1 saturated carbocycles. The first-order chi connectivity index (χ1) is 15.7. The third-order valence-corrected chi connectivity index (χ3v) is 5.59. The Morgan fingerprint density at radius 2 is 2.03 bits per heavy atom. The van der Waals surface area contributed by atoms with Gasteiger partial charge in [0, 0.05) is 48.6 Å². The summed E-state index contributed by atoms with van der Waals surface area (Å²) in [7, 11) is 1.96. The number of imidazole rings is 1. The lowest BCUT2D eigenvalue weighted by molar-refractivity contribution is 0.0929. The van der Waals surface area contributed by atoms with E-state index in [2.05, 4.69) is 35.8 Å². The highest BCUT2D eigenvalue weighted by atomic mass is 16.1. The second kappa shape index (κ2) is 8.62. The molecule has 9 heteroatoms. The van der Waals surface area contributed by atoms with Crippen LogP contribution in [0.2, 0.25) is 0 Å². The molecule has 1 amide bonds. The summed E-state index contributed by atoms with van der Waals surface area (Å²) in [5.74, 6) is 2.63. The van der Waals surface area contributed by atoms with Crippen LogP contribution in [0.4, 0.5) is 5.69 Å². The smallest absolute Gasteiger partial charge is 0.251 e. The third-order valence-electron chi connectivity index (χ3n) is 5.59. The largest absolute Gasteiger partial charge is 0.378 e. The molecule has 1 aromatic carbocycles. The minimum Gasteiger partial charge on any atom is -0.378 e. The van der Waals surface area contributed by atoms with E-state index in [4.69, 9.17) is 0 Å². The molecule has 0 spiro atoms. The van der Waals surface area contributed by atoms with E-state index >= 15 is 0 Å². The number of amides is 1. The van der Waals surface area contributed by atoms with E-state index in [1.54, 1.807) is 18.6 Å². The number of H-pyrrole nitrogens is 1. The SMILES string of the molecule is Cn1ccnc1[C@@H](NC(=O)c1cccc(NCc2nnc(-c3ccncc3)[nH]2)c1)C1CC1. The van der Waals surface area contributed by atoms with Crippen LogP contribution in [0, 0.1) is 5.92 Å². The van der Waals surface area contributed by atoms with Gasteiger partial charge < -0.3 is 20.2 Å². The fourth-order valence-corrected chi connectivity index (χ4v) is 3.70. The Kier molecular flexibility index (Phi) is 5.37. The van der Waals surface area contributed by atoms with Crippen molar-refractivity contribution < 1.29 is 4.79 Å². The minimum absolute atomic E-state index is 0.0695. The maximum atomic E-state index is 13.0. The molecule has 1 fully saturated rings. The first-order valence-corrected chi connectivity index (χ1v) is 10.6. The number of anilines is 1. The van der Waals surface area contributed by atoms with Crippen molar-refractivity contribution in [2.24, 2.45) is 13.0 Å². The molecular formula is C23H24N8O. The van der Waals surface area contributed by atoms with E-state index in [0.29, 0.717) is 29.7 Å². The van der Waals surface area contributed by atoms with Gasteiger partial charge in [-0.1, -0.05) is 6.07 Å². The Balaban J connectivity index is 1.24. The van der Waals surface area contributed by atoms with Gasteiger partial charge in [0.2, 0.25) is 0 Å². The van der Waals surface area contributed by atoms with Crippen LogP contribution in [-0.2, 0) is 13.6 Å². The zero-order valence-electron chi connectivity index (χ0n) is 17.7. The molecule has 32 heavy (non-hydrogen) atoms. The number of carbonyl (C=O) groups excluding carboxylic acids is 1. The fraction of sp³-hybridized carbons (Fsp3) is 0.261. The summed E-state index contributed by atoms with van der Waals surface area (Å²) in [5, 5.41) is 14.9. The maximum Gasteiger partial charge on any atom is 0.251 e. The Morgan fingerprint density at radius 1 is 1.19 bits per heavy atom. The van der Waals surface area contributed by atoms with Crippen LogP contribution in [-0.4, -0.2) is 35.6 Å². The van der Waals surface area contributed by atoms with E-state index < -0.39 is 0 Å². The predicted octanol–water partition coefficient (Wildman–Crippen LogP) is 3.09. The predicted molar refractivity (Wildman–Crippen MR) is 120 cm³/mol. The topological polar surface area (TPSA) is 113 Å². The fourth-order valence-electron chi connectivity index (χ4n) is 3.70. The van der Waals surface area contributed by atoms with Crippen molar-refractivity contribution in [2.75, 3.05) is 5.32 Å². The number of aryl methyl sites for hydroxylation is 1. The summed E-state index contributed by atoms with van der Waals surface area (Å²) in [6.07, 6.45) is 9.33. The lowest BCUT2D eigenvalue weighted by Crippen LogP contribution is -2.31. The molecule has 0 bridgehead atoms. The monoisotopic (exact) mass is 428 g/mol. The molecule has 3 heterocycles. The molecule has 1 aliphatic rings. The van der Waals surface area contributed by atoms with Gasteiger partial charge in [-0.05, 0) is 49.1 Å². The van der Waals surface area contributed by atoms with Crippen LogP contribution < -0.4 is 10.6 Å². The number of aromatic nitrogens is 6. The number of hydrogen-bond acceptors (Lipinski definition) is 6. The quantitative estimate of drug-likeness (QED) is 0.397. The second-order valence-corrected chi connectivity index (χ2v) is 7.98. The molecule has 0 radical (unpaired) electrons. The highest BCUT2D eigenvalue weighted by Crippen LogP contribution is 2.40. The number of carbonyl (C=O) groups is 1. The van der Waals surface area contributed by atoms with Crippen LogP contribution in [0.25, 0.3) is 11.4 Å². The van der Waals surface area contributed by atoms with Gasteiger partial charge in [0.1, 0.15) is 11.6 Å². The Hall–Kier alpha value is -4.01. The molecule has 0 unspecified atom stereocenters. The van der Waals surface area contributed by atoms with Gasteiger partial charge in [0.05, 0.1) is 12.6 Å². The number of benzene rings is 1. The normalized spacial score (nSPS) is 14.2. The number of nitrogens with one attached hydrogen (secondary N) is 3. The third kappa shape index (κ3) is 4.36. The maximum absolute atomic E-state index is 13.0. The summed E-state index contributed by atoms with van der Waals surface area (Å²) in [6, 6.07) is 11.1. The van der Waals surface area contributed by atoms with Crippen LogP contribution in [0.15, 0.2) is 61.2 Å². The van der Waals surface area contributed by atoms with Crippen molar-refractivity contribution in [3.8, 4) is 11.4 Å². The van der Waals surface area contributed by atoms with E-state index in [0.717, 1.165) is 29.9 Å². The van der Waals surface area contributed by atoms with Crippen LogP contribution in [0.5, 0.6) is 0 Å². The van der Waals surface area contributed by atoms with E-state index in [1.165, 1.54) is 0 Å². The molecule has 3 N–H and O–H groups in total. The summed E-state index contributed by atoms with van der Waals surface area (Å²) < 4.78 is 1.97. The molecule has 1 atom stereocenters. The molecule has 0 aliphatic heterocycles. The van der Waals surface area contributed by atoms with Gasteiger partial charge in [-0.3, -0.25) is 9.78 Å². The summed E-state index contributed by atoms with van der Waals surface area (Å²) in [4.78, 5) is 24.6. The average Bonchev–Trinajstić information content (AvgIpc) is 3.40. The summed E-state index contributed by atoms with van der Waals surface area (Å²) in [6.45, 7) is 0.459. The average molecular weight is 429 g/mol. The van der Waals surface area contributed by atoms with Gasteiger partial charge >= 0.3 is 0 Å². The van der Waals surface area contributed by atoms with E-state index in [-0.39, 0.29) is 11.9 Å². The highest BCUT2D eigenvalue weighted by molar-refractivity contribution is 5.95. The van der Waals surface area contributed by atoms with Gasteiger partial charge in [0.15, 0.2) is 5.82 Å². The van der Waals surface area contributed by atoms with Crippen LogP contribution >= 0.6 is 0 Å². The summed E-state index contributed by atoms with van der Waals surface area (Å²) >= 11 is 0. The van der Waals surface area contributed by atoms with Crippen molar-refractivity contribution in [1.29, 1.82) is 0 Å². The first kappa shape index (κ1) is 19.9. The van der Waals surface area contributed by atoms with Crippen LogP contribution in [0.3, 0.4) is 0 Å². The number of rotatable bonds is 8. The van der Waals surface area contributed by atoms with Gasteiger partial charge in [-0.25, -0.2) is 4.98 Å². The lowest BCUT2D eigenvalue weighted by Gasteiger charge is -2.18. The molecule has 9 nitrogen and oxygen atoms in total. The molecule has 3 aromatic heterocycles. The highest BCUT2D eigenvalue weighted by Gasteiger charge is 2.35. The molecule has 5 rings (SSSR count). The number of pyridine rings is 1. The van der Waals surface area contributed by atoms with Gasteiger partial charge in [-0.2, -0.15) is 0 Å². The van der Waals surface area contributed by atoms with Crippen molar-refractivity contribution in [1.82, 2.24) is 35.0 Å². The van der Waals surface area contributed by atoms with Crippen LogP contribution in [0.1, 0.15) is 40.9 Å². The Labute approximate surface area is 185 Å². The summed E-state index contributed by atoms with van der Waals surface area (Å²) in [5.41, 5.74) is 2.36. The van der Waals surface area contributed by atoms with Crippen molar-refractivity contribution in [3.05, 3.63) is 78.4 Å². The molecule has 1 aliphatic carbocycles. The second-order valence-electron chi connectivity index (χ2n) is 7.98. The number of aromatic amines is 1. The van der Waals surface area contributed by atoms with Crippen molar-refractivity contribution >= 4 is 11.6 Å². The minimum atomic E-state index is -0.104. The zero-order valence-corrected chi connectivity index (χ0v) is 17.7. The van der Waals surface area contributed by atoms with Gasteiger partial charge in [-0.15, -0.1) is 10.2 Å². The Morgan fingerprint density at radius 3 is 2.78 bits per heavy atom. The zero-order chi connectivity index (χ0) is 21.9. The molecule has 162 valence electrons. The lowest BCUT2D eigenvalue weighted by atomic mass is 10.1. The Bertz CT molecular complexity index is 1210. The van der Waals surface area contributed by atoms with Crippen molar-refractivity contribution in [2.45, 2.75) is 25.4 Å². The van der Waals surface area contributed by atoms with Gasteiger partial charge in [0.25, 0.3) is 5.91 Å². The van der Waals surface area contributed by atoms with E-state index in [1.807, 2.05) is 54.2 Å². The van der Waals surface area contributed by atoms with Crippen molar-refractivity contribution in [3.63, 3.8) is 0 Å². The molecule has 0 saturated heterocycles.